The average molecular weight is 350 g/mol. The van der Waals surface area contributed by atoms with E-state index in [9.17, 15) is 4.79 Å². The van der Waals surface area contributed by atoms with Gasteiger partial charge >= 0.3 is 0 Å². The van der Waals surface area contributed by atoms with Crippen LogP contribution in [0.25, 0.3) is 11.0 Å². The average Bonchev–Trinajstić information content (AvgIpc) is 3.13. The van der Waals surface area contributed by atoms with Crippen molar-refractivity contribution in [1.29, 1.82) is 0 Å². The van der Waals surface area contributed by atoms with E-state index >= 15 is 0 Å². The zero-order chi connectivity index (χ0) is 17.9. The largest absolute Gasteiger partial charge is 0.378 e. The van der Waals surface area contributed by atoms with E-state index in [0.29, 0.717) is 5.82 Å². The molecule has 6 heteroatoms. The van der Waals surface area contributed by atoms with Gasteiger partial charge in [0.05, 0.1) is 30.3 Å². The number of aromatic nitrogens is 2. The van der Waals surface area contributed by atoms with Gasteiger partial charge in [-0.25, -0.2) is 4.98 Å². The van der Waals surface area contributed by atoms with E-state index in [1.165, 1.54) is 5.69 Å². The number of imidazole rings is 1. The number of carbonyl (C=O) groups excluding carboxylic acids is 1. The molecule has 1 amide bonds. The van der Waals surface area contributed by atoms with Gasteiger partial charge in [0.15, 0.2) is 5.82 Å². The standard InChI is InChI=1S/C20H22N4O2/c1-14(15-6-8-16(9-7-15)24-10-12-26-13-11-24)21-20(25)19-22-17-4-2-3-5-18(17)23-19/h2-9,14H,10-13H2,1H3,(H,21,25)(H,22,23). The summed E-state index contributed by atoms with van der Waals surface area (Å²) in [6.07, 6.45) is 0. The highest BCUT2D eigenvalue weighted by molar-refractivity contribution is 5.94. The lowest BCUT2D eigenvalue weighted by Crippen LogP contribution is -2.36. The van der Waals surface area contributed by atoms with Crippen molar-refractivity contribution in [2.75, 3.05) is 31.2 Å². The first kappa shape index (κ1) is 16.6. The molecule has 1 aromatic heterocycles. The van der Waals surface area contributed by atoms with Gasteiger partial charge in [-0.3, -0.25) is 4.79 Å². The third-order valence-corrected chi connectivity index (χ3v) is 4.72. The van der Waals surface area contributed by atoms with Crippen molar-refractivity contribution in [1.82, 2.24) is 15.3 Å². The topological polar surface area (TPSA) is 70.2 Å². The molecule has 2 N–H and O–H groups in total. The highest BCUT2D eigenvalue weighted by atomic mass is 16.5. The molecule has 1 unspecified atom stereocenters. The highest BCUT2D eigenvalue weighted by Crippen LogP contribution is 2.20. The molecular formula is C20H22N4O2. The molecule has 1 aliphatic rings. The first-order chi connectivity index (χ1) is 12.7. The Hall–Kier alpha value is -2.86. The molecule has 1 saturated heterocycles. The predicted molar refractivity (Wildman–Crippen MR) is 101 cm³/mol. The van der Waals surface area contributed by atoms with E-state index in [-0.39, 0.29) is 11.9 Å². The fourth-order valence-corrected chi connectivity index (χ4v) is 3.20. The number of nitrogens with one attached hydrogen (secondary N) is 2. The lowest BCUT2D eigenvalue weighted by Gasteiger charge is -2.29. The van der Waals surface area contributed by atoms with Crippen molar-refractivity contribution in [2.45, 2.75) is 13.0 Å². The normalized spacial score (nSPS) is 15.8. The molecule has 6 nitrogen and oxygen atoms in total. The highest BCUT2D eigenvalue weighted by Gasteiger charge is 2.16. The van der Waals surface area contributed by atoms with Gasteiger partial charge in [0.25, 0.3) is 5.91 Å². The van der Waals surface area contributed by atoms with E-state index in [1.807, 2.05) is 31.2 Å². The van der Waals surface area contributed by atoms with Crippen LogP contribution in [0.4, 0.5) is 5.69 Å². The number of H-pyrrole nitrogens is 1. The minimum absolute atomic E-state index is 0.102. The van der Waals surface area contributed by atoms with Crippen LogP contribution in [0, 0.1) is 0 Å². The minimum Gasteiger partial charge on any atom is -0.378 e. The number of aromatic amines is 1. The molecule has 2 heterocycles. The van der Waals surface area contributed by atoms with Crippen LogP contribution in [0.3, 0.4) is 0 Å². The molecule has 0 aliphatic carbocycles. The lowest BCUT2D eigenvalue weighted by molar-refractivity contribution is 0.0930. The van der Waals surface area contributed by atoms with Crippen LogP contribution in [-0.2, 0) is 4.74 Å². The zero-order valence-corrected chi connectivity index (χ0v) is 14.7. The van der Waals surface area contributed by atoms with Crippen molar-refractivity contribution < 1.29 is 9.53 Å². The van der Waals surface area contributed by atoms with Gasteiger partial charge < -0.3 is 19.9 Å². The fraction of sp³-hybridized carbons (Fsp3) is 0.300. The smallest absolute Gasteiger partial charge is 0.287 e. The second-order valence-electron chi connectivity index (χ2n) is 6.49. The van der Waals surface area contributed by atoms with Crippen molar-refractivity contribution in [2.24, 2.45) is 0 Å². The Morgan fingerprint density at radius 3 is 2.62 bits per heavy atom. The molecule has 1 fully saturated rings. The first-order valence-corrected chi connectivity index (χ1v) is 8.89. The van der Waals surface area contributed by atoms with Gasteiger partial charge in [-0.05, 0) is 36.8 Å². The van der Waals surface area contributed by atoms with Gasteiger partial charge in [-0.15, -0.1) is 0 Å². The van der Waals surface area contributed by atoms with Crippen LogP contribution >= 0.6 is 0 Å². The molecule has 26 heavy (non-hydrogen) atoms. The summed E-state index contributed by atoms with van der Waals surface area (Å²) in [5.74, 6) is 0.133. The number of fused-ring (bicyclic) bond motifs is 1. The van der Waals surface area contributed by atoms with Crippen molar-refractivity contribution in [3.63, 3.8) is 0 Å². The quantitative estimate of drug-likeness (QED) is 0.759. The van der Waals surface area contributed by atoms with E-state index in [0.717, 1.165) is 42.9 Å². The molecule has 0 radical (unpaired) electrons. The van der Waals surface area contributed by atoms with E-state index in [4.69, 9.17) is 4.74 Å². The van der Waals surface area contributed by atoms with Crippen LogP contribution in [0.2, 0.25) is 0 Å². The van der Waals surface area contributed by atoms with Crippen molar-refractivity contribution in [3.8, 4) is 0 Å². The molecule has 134 valence electrons. The third-order valence-electron chi connectivity index (χ3n) is 4.72. The summed E-state index contributed by atoms with van der Waals surface area (Å²) in [5.41, 5.74) is 3.90. The van der Waals surface area contributed by atoms with E-state index in [2.05, 4.69) is 44.5 Å². The third kappa shape index (κ3) is 3.41. The van der Waals surface area contributed by atoms with Crippen molar-refractivity contribution >= 4 is 22.6 Å². The second-order valence-corrected chi connectivity index (χ2v) is 6.49. The zero-order valence-electron chi connectivity index (χ0n) is 14.7. The predicted octanol–water partition coefficient (Wildman–Crippen LogP) is 2.89. The minimum atomic E-state index is -0.203. The molecule has 2 aromatic carbocycles. The van der Waals surface area contributed by atoms with Gasteiger partial charge in [0.2, 0.25) is 0 Å². The summed E-state index contributed by atoms with van der Waals surface area (Å²) in [4.78, 5) is 22.2. The number of nitrogens with zero attached hydrogens (tertiary/aromatic N) is 2. The molecule has 0 bridgehead atoms. The Morgan fingerprint density at radius 2 is 1.88 bits per heavy atom. The number of ether oxygens (including phenoxy) is 1. The first-order valence-electron chi connectivity index (χ1n) is 8.89. The molecule has 0 saturated carbocycles. The molecule has 0 spiro atoms. The van der Waals surface area contributed by atoms with Crippen LogP contribution in [-0.4, -0.2) is 42.2 Å². The number of para-hydroxylation sites is 2. The summed E-state index contributed by atoms with van der Waals surface area (Å²) in [6, 6.07) is 15.8. The summed E-state index contributed by atoms with van der Waals surface area (Å²) < 4.78 is 5.39. The summed E-state index contributed by atoms with van der Waals surface area (Å²) in [7, 11) is 0. The molecule has 1 aliphatic heterocycles. The van der Waals surface area contributed by atoms with E-state index in [1.54, 1.807) is 0 Å². The molecule has 1 atom stereocenters. The summed E-state index contributed by atoms with van der Waals surface area (Å²) >= 11 is 0. The number of anilines is 1. The number of hydrogen-bond acceptors (Lipinski definition) is 4. The van der Waals surface area contributed by atoms with Crippen LogP contribution in [0.5, 0.6) is 0 Å². The Bertz CT molecular complexity index is 865. The SMILES string of the molecule is CC(NC(=O)c1nc2ccccc2[nH]1)c1ccc(N2CCOCC2)cc1. The number of rotatable bonds is 4. The maximum atomic E-state index is 12.5. The van der Waals surface area contributed by atoms with Gasteiger partial charge in [0.1, 0.15) is 0 Å². The van der Waals surface area contributed by atoms with Crippen molar-refractivity contribution in [3.05, 3.63) is 59.9 Å². The van der Waals surface area contributed by atoms with Gasteiger partial charge in [-0.2, -0.15) is 0 Å². The monoisotopic (exact) mass is 350 g/mol. The maximum absolute atomic E-state index is 12.5. The maximum Gasteiger partial charge on any atom is 0.287 e. The molecule has 4 rings (SSSR count). The van der Waals surface area contributed by atoms with Crippen LogP contribution in [0.1, 0.15) is 29.1 Å². The van der Waals surface area contributed by atoms with Crippen LogP contribution in [0.15, 0.2) is 48.5 Å². The Labute approximate surface area is 152 Å². The van der Waals surface area contributed by atoms with E-state index < -0.39 is 0 Å². The number of benzene rings is 2. The lowest BCUT2D eigenvalue weighted by atomic mass is 10.1. The molecular weight excluding hydrogens is 328 g/mol. The Kier molecular flexibility index (Phi) is 4.58. The Morgan fingerprint density at radius 1 is 1.15 bits per heavy atom. The Balaban J connectivity index is 1.43. The number of amides is 1. The summed E-state index contributed by atoms with van der Waals surface area (Å²) in [5, 5.41) is 3.01. The number of morpholine rings is 1. The number of hydrogen-bond donors (Lipinski definition) is 2. The molecule has 3 aromatic rings. The second kappa shape index (κ2) is 7.17. The fourth-order valence-electron chi connectivity index (χ4n) is 3.20. The van der Waals surface area contributed by atoms with Gasteiger partial charge in [0, 0.05) is 18.8 Å². The van der Waals surface area contributed by atoms with Gasteiger partial charge in [-0.1, -0.05) is 24.3 Å². The summed E-state index contributed by atoms with van der Waals surface area (Å²) in [6.45, 7) is 5.34. The number of carbonyl (C=O) groups is 1. The van der Waals surface area contributed by atoms with Crippen LogP contribution < -0.4 is 10.2 Å².